The molecule has 1 heterocycles. The standard InChI is InChI=1S/C13H14N2O3/c1-17-12-6-14-15(8-12)7-11-5-10(9-16)3-4-13(11)18-2/h3-6,8-9H,7H2,1-2H3. The zero-order chi connectivity index (χ0) is 13.0. The SMILES string of the molecule is COc1cnn(Cc2cc(C=O)ccc2OC)c1. The highest BCUT2D eigenvalue weighted by Crippen LogP contribution is 2.21. The van der Waals surface area contributed by atoms with Crippen LogP contribution in [0.2, 0.25) is 0 Å². The number of rotatable bonds is 5. The lowest BCUT2D eigenvalue weighted by Crippen LogP contribution is -2.03. The zero-order valence-electron chi connectivity index (χ0n) is 10.3. The third-order valence-corrected chi connectivity index (χ3v) is 2.62. The largest absolute Gasteiger partial charge is 0.496 e. The smallest absolute Gasteiger partial charge is 0.156 e. The summed E-state index contributed by atoms with van der Waals surface area (Å²) in [4.78, 5) is 10.8. The number of benzene rings is 1. The fourth-order valence-corrected chi connectivity index (χ4v) is 1.71. The average molecular weight is 246 g/mol. The molecule has 0 unspecified atom stereocenters. The summed E-state index contributed by atoms with van der Waals surface area (Å²) in [5, 5.41) is 4.16. The van der Waals surface area contributed by atoms with E-state index in [4.69, 9.17) is 9.47 Å². The Morgan fingerprint density at radius 2 is 2.17 bits per heavy atom. The number of carbonyl (C=O) groups is 1. The lowest BCUT2D eigenvalue weighted by molar-refractivity contribution is 0.112. The molecular weight excluding hydrogens is 232 g/mol. The van der Waals surface area contributed by atoms with E-state index >= 15 is 0 Å². The minimum atomic E-state index is 0.522. The molecule has 5 heteroatoms. The highest BCUT2D eigenvalue weighted by Gasteiger charge is 2.06. The molecule has 2 rings (SSSR count). The lowest BCUT2D eigenvalue weighted by Gasteiger charge is -2.09. The van der Waals surface area contributed by atoms with Gasteiger partial charge < -0.3 is 9.47 Å². The van der Waals surface area contributed by atoms with E-state index in [0.29, 0.717) is 17.9 Å². The predicted molar refractivity (Wildman–Crippen MR) is 66.3 cm³/mol. The first kappa shape index (κ1) is 12.2. The molecule has 0 saturated heterocycles. The van der Waals surface area contributed by atoms with Crippen LogP contribution in [0, 0.1) is 0 Å². The number of nitrogens with zero attached hydrogens (tertiary/aromatic N) is 2. The molecule has 94 valence electrons. The second-order valence-corrected chi connectivity index (χ2v) is 3.77. The van der Waals surface area contributed by atoms with Gasteiger partial charge in [0.15, 0.2) is 5.75 Å². The van der Waals surface area contributed by atoms with Gasteiger partial charge in [0.05, 0.1) is 33.2 Å². The third-order valence-electron chi connectivity index (χ3n) is 2.62. The Bertz CT molecular complexity index is 549. The molecule has 0 radical (unpaired) electrons. The van der Waals surface area contributed by atoms with Gasteiger partial charge in [-0.2, -0.15) is 5.10 Å². The zero-order valence-corrected chi connectivity index (χ0v) is 10.3. The summed E-state index contributed by atoms with van der Waals surface area (Å²) in [7, 11) is 3.19. The molecule has 0 bridgehead atoms. The van der Waals surface area contributed by atoms with Crippen molar-refractivity contribution in [2.24, 2.45) is 0 Å². The number of aromatic nitrogens is 2. The molecule has 1 aromatic heterocycles. The topological polar surface area (TPSA) is 53.4 Å². The molecule has 0 amide bonds. The number of ether oxygens (including phenoxy) is 2. The molecule has 0 fully saturated rings. The van der Waals surface area contributed by atoms with Gasteiger partial charge in [-0.05, 0) is 18.2 Å². The minimum Gasteiger partial charge on any atom is -0.496 e. The number of hydrogen-bond donors (Lipinski definition) is 0. The molecule has 0 spiro atoms. The van der Waals surface area contributed by atoms with Crippen LogP contribution >= 0.6 is 0 Å². The third kappa shape index (κ3) is 2.51. The Hall–Kier alpha value is -2.30. The summed E-state index contributed by atoms with van der Waals surface area (Å²) < 4.78 is 12.1. The highest BCUT2D eigenvalue weighted by atomic mass is 16.5. The van der Waals surface area contributed by atoms with Crippen molar-refractivity contribution >= 4 is 6.29 Å². The van der Waals surface area contributed by atoms with Crippen molar-refractivity contribution in [1.82, 2.24) is 9.78 Å². The van der Waals surface area contributed by atoms with Gasteiger partial charge in [0.1, 0.15) is 12.0 Å². The van der Waals surface area contributed by atoms with E-state index < -0.39 is 0 Å². The van der Waals surface area contributed by atoms with E-state index in [1.54, 1.807) is 49.5 Å². The Labute approximate surface area is 105 Å². The van der Waals surface area contributed by atoms with E-state index in [0.717, 1.165) is 17.6 Å². The van der Waals surface area contributed by atoms with Gasteiger partial charge in [-0.3, -0.25) is 9.48 Å². The van der Waals surface area contributed by atoms with Crippen LogP contribution in [-0.2, 0) is 6.54 Å². The fraction of sp³-hybridized carbons (Fsp3) is 0.231. The second-order valence-electron chi connectivity index (χ2n) is 3.77. The molecule has 18 heavy (non-hydrogen) atoms. The first-order chi connectivity index (χ1) is 8.76. The first-order valence-corrected chi connectivity index (χ1v) is 5.45. The summed E-state index contributed by atoms with van der Waals surface area (Å²) >= 11 is 0. The van der Waals surface area contributed by atoms with Gasteiger partial charge in [0.2, 0.25) is 0 Å². The van der Waals surface area contributed by atoms with Crippen LogP contribution in [0.1, 0.15) is 15.9 Å². The molecular formula is C13H14N2O3. The molecule has 0 aliphatic heterocycles. The van der Waals surface area contributed by atoms with E-state index in [1.807, 2.05) is 0 Å². The monoisotopic (exact) mass is 246 g/mol. The number of carbonyl (C=O) groups excluding carboxylic acids is 1. The molecule has 0 atom stereocenters. The second kappa shape index (κ2) is 5.35. The van der Waals surface area contributed by atoms with Gasteiger partial charge in [-0.25, -0.2) is 0 Å². The van der Waals surface area contributed by atoms with Crippen LogP contribution in [0.4, 0.5) is 0 Å². The fourth-order valence-electron chi connectivity index (χ4n) is 1.71. The van der Waals surface area contributed by atoms with Crippen molar-refractivity contribution in [3.63, 3.8) is 0 Å². The Kier molecular flexibility index (Phi) is 3.62. The van der Waals surface area contributed by atoms with E-state index in [1.165, 1.54) is 0 Å². The van der Waals surface area contributed by atoms with Gasteiger partial charge in [-0.1, -0.05) is 0 Å². The van der Waals surface area contributed by atoms with Crippen LogP contribution in [0.25, 0.3) is 0 Å². The van der Waals surface area contributed by atoms with E-state index in [-0.39, 0.29) is 0 Å². The summed E-state index contributed by atoms with van der Waals surface area (Å²) in [5.74, 6) is 1.43. The van der Waals surface area contributed by atoms with Gasteiger partial charge in [0.25, 0.3) is 0 Å². The average Bonchev–Trinajstić information content (AvgIpc) is 2.86. The van der Waals surface area contributed by atoms with Crippen LogP contribution in [0.5, 0.6) is 11.5 Å². The van der Waals surface area contributed by atoms with Gasteiger partial charge in [0, 0.05) is 11.1 Å². The van der Waals surface area contributed by atoms with Crippen LogP contribution in [0.3, 0.4) is 0 Å². The van der Waals surface area contributed by atoms with Crippen molar-refractivity contribution in [3.05, 3.63) is 41.7 Å². The van der Waals surface area contributed by atoms with Crippen LogP contribution in [-0.4, -0.2) is 30.3 Å². The molecule has 0 saturated carbocycles. The van der Waals surface area contributed by atoms with Gasteiger partial charge >= 0.3 is 0 Å². The van der Waals surface area contributed by atoms with Crippen molar-refractivity contribution < 1.29 is 14.3 Å². The summed E-state index contributed by atoms with van der Waals surface area (Å²) in [6.45, 7) is 0.522. The molecule has 2 aromatic rings. The maximum atomic E-state index is 10.8. The van der Waals surface area contributed by atoms with Crippen molar-refractivity contribution in [1.29, 1.82) is 0 Å². The molecule has 5 nitrogen and oxygen atoms in total. The minimum absolute atomic E-state index is 0.522. The van der Waals surface area contributed by atoms with Crippen LogP contribution < -0.4 is 9.47 Å². The molecule has 1 aromatic carbocycles. The van der Waals surface area contributed by atoms with Crippen molar-refractivity contribution in [2.45, 2.75) is 6.54 Å². The normalized spacial score (nSPS) is 10.1. The van der Waals surface area contributed by atoms with Crippen molar-refractivity contribution in [3.8, 4) is 11.5 Å². The highest BCUT2D eigenvalue weighted by molar-refractivity contribution is 5.75. The number of aldehydes is 1. The van der Waals surface area contributed by atoms with E-state index in [9.17, 15) is 4.79 Å². The van der Waals surface area contributed by atoms with Crippen LogP contribution in [0.15, 0.2) is 30.6 Å². The Morgan fingerprint density at radius 3 is 2.78 bits per heavy atom. The summed E-state index contributed by atoms with van der Waals surface area (Å²) in [6.07, 6.45) is 4.23. The summed E-state index contributed by atoms with van der Waals surface area (Å²) in [6, 6.07) is 5.29. The number of methoxy groups -OCH3 is 2. The molecule has 0 aliphatic carbocycles. The maximum Gasteiger partial charge on any atom is 0.156 e. The Balaban J connectivity index is 2.28. The molecule has 0 aliphatic rings. The first-order valence-electron chi connectivity index (χ1n) is 5.45. The summed E-state index contributed by atoms with van der Waals surface area (Å²) in [5.41, 5.74) is 1.51. The maximum absolute atomic E-state index is 10.8. The predicted octanol–water partition coefficient (Wildman–Crippen LogP) is 1.76. The number of hydrogen-bond acceptors (Lipinski definition) is 4. The lowest BCUT2D eigenvalue weighted by atomic mass is 10.1. The van der Waals surface area contributed by atoms with Gasteiger partial charge in [-0.15, -0.1) is 0 Å². The molecule has 0 N–H and O–H groups in total. The quantitative estimate of drug-likeness (QED) is 0.754. The van der Waals surface area contributed by atoms with Crippen molar-refractivity contribution in [2.75, 3.05) is 14.2 Å². The van der Waals surface area contributed by atoms with E-state index in [2.05, 4.69) is 5.10 Å². The Morgan fingerprint density at radius 1 is 1.33 bits per heavy atom.